The first-order valence-corrected chi connectivity index (χ1v) is 9.32. The minimum atomic E-state index is -2.95. The van der Waals surface area contributed by atoms with Crippen LogP contribution < -0.4 is 0 Å². The van der Waals surface area contributed by atoms with Gasteiger partial charge in [-0.15, -0.1) is 0 Å². The maximum atomic E-state index is 11.8. The van der Waals surface area contributed by atoms with Crippen LogP contribution in [0, 0.1) is 5.92 Å². The molecular weight excluding hydrogens is 272 g/mol. The predicted octanol–water partition coefficient (Wildman–Crippen LogP) is 2.89. The normalized spacial score (nSPS) is 23.1. The second kappa shape index (κ2) is 6.72. The molecule has 3 nitrogen and oxygen atoms in total. The third-order valence-corrected chi connectivity index (χ3v) is 6.04. The number of aliphatic hydroxyl groups excluding tert-OH is 1. The Morgan fingerprint density at radius 1 is 1.25 bits per heavy atom. The van der Waals surface area contributed by atoms with Crippen LogP contribution in [0.2, 0.25) is 0 Å². The standard InChI is InChI=1S/C16H24O3S/c1-2-11-20(18,19)12-10-14-8-5-7-13-6-3-4-9-15(13)16(14)17/h3-4,6,9,14,16-17H,2,5,7-8,10-12H2,1H3. The number of hydrogen-bond donors (Lipinski definition) is 1. The summed E-state index contributed by atoms with van der Waals surface area (Å²) >= 11 is 0. The number of benzene rings is 1. The van der Waals surface area contributed by atoms with Gasteiger partial charge >= 0.3 is 0 Å². The van der Waals surface area contributed by atoms with E-state index in [1.54, 1.807) is 0 Å². The third kappa shape index (κ3) is 3.83. The van der Waals surface area contributed by atoms with E-state index in [-0.39, 0.29) is 17.4 Å². The van der Waals surface area contributed by atoms with Crippen molar-refractivity contribution in [1.29, 1.82) is 0 Å². The van der Waals surface area contributed by atoms with E-state index >= 15 is 0 Å². The first kappa shape index (κ1) is 15.5. The lowest BCUT2D eigenvalue weighted by Gasteiger charge is -2.21. The summed E-state index contributed by atoms with van der Waals surface area (Å²) in [5.74, 6) is 0.516. The van der Waals surface area contributed by atoms with Gasteiger partial charge in [-0.2, -0.15) is 0 Å². The summed E-state index contributed by atoms with van der Waals surface area (Å²) in [5.41, 5.74) is 2.20. The van der Waals surface area contributed by atoms with Crippen LogP contribution in [0.1, 0.15) is 49.8 Å². The average molecular weight is 296 g/mol. The van der Waals surface area contributed by atoms with Crippen LogP contribution in [0.5, 0.6) is 0 Å². The predicted molar refractivity (Wildman–Crippen MR) is 81.4 cm³/mol. The van der Waals surface area contributed by atoms with Gasteiger partial charge in [0.05, 0.1) is 11.9 Å². The monoisotopic (exact) mass is 296 g/mol. The van der Waals surface area contributed by atoms with E-state index in [2.05, 4.69) is 6.07 Å². The van der Waals surface area contributed by atoms with Gasteiger partial charge in [0.1, 0.15) is 9.84 Å². The fourth-order valence-corrected chi connectivity index (χ4v) is 4.55. The molecule has 2 rings (SSSR count). The average Bonchev–Trinajstić information content (AvgIpc) is 2.57. The van der Waals surface area contributed by atoms with Crippen molar-refractivity contribution in [3.05, 3.63) is 35.4 Å². The van der Waals surface area contributed by atoms with E-state index < -0.39 is 15.9 Å². The van der Waals surface area contributed by atoms with Gasteiger partial charge in [0.25, 0.3) is 0 Å². The summed E-state index contributed by atoms with van der Waals surface area (Å²) in [4.78, 5) is 0. The summed E-state index contributed by atoms with van der Waals surface area (Å²) in [7, 11) is -2.95. The molecule has 0 heterocycles. The number of sulfone groups is 1. The molecule has 0 fully saturated rings. The van der Waals surface area contributed by atoms with Crippen molar-refractivity contribution in [3.63, 3.8) is 0 Å². The van der Waals surface area contributed by atoms with Crippen LogP contribution >= 0.6 is 0 Å². The summed E-state index contributed by atoms with van der Waals surface area (Å²) in [6, 6.07) is 7.98. The summed E-state index contributed by atoms with van der Waals surface area (Å²) in [6.45, 7) is 1.88. The van der Waals surface area contributed by atoms with Crippen molar-refractivity contribution in [1.82, 2.24) is 0 Å². The lowest BCUT2D eigenvalue weighted by atomic mass is 9.91. The smallest absolute Gasteiger partial charge is 0.150 e. The number of hydrogen-bond acceptors (Lipinski definition) is 3. The Morgan fingerprint density at radius 2 is 2.00 bits per heavy atom. The molecule has 0 aliphatic heterocycles. The van der Waals surface area contributed by atoms with Gasteiger partial charge in [-0.1, -0.05) is 31.2 Å². The fraction of sp³-hybridized carbons (Fsp3) is 0.625. The zero-order valence-corrected chi connectivity index (χ0v) is 12.9. The van der Waals surface area contributed by atoms with E-state index in [1.165, 1.54) is 5.56 Å². The molecule has 4 heteroatoms. The summed E-state index contributed by atoms with van der Waals surface area (Å²) in [5, 5.41) is 10.5. The molecule has 2 unspecified atom stereocenters. The van der Waals surface area contributed by atoms with Crippen molar-refractivity contribution < 1.29 is 13.5 Å². The highest BCUT2D eigenvalue weighted by Crippen LogP contribution is 2.35. The van der Waals surface area contributed by atoms with Gasteiger partial charge in [-0.3, -0.25) is 0 Å². The highest BCUT2D eigenvalue weighted by molar-refractivity contribution is 7.91. The Kier molecular flexibility index (Phi) is 5.22. The van der Waals surface area contributed by atoms with Gasteiger partial charge in [-0.25, -0.2) is 8.42 Å². The van der Waals surface area contributed by atoms with Crippen LogP contribution in [0.4, 0.5) is 0 Å². The molecule has 2 atom stereocenters. The zero-order chi connectivity index (χ0) is 14.6. The second-order valence-electron chi connectivity index (χ2n) is 5.74. The Hall–Kier alpha value is -0.870. The Morgan fingerprint density at radius 3 is 2.75 bits per heavy atom. The minimum Gasteiger partial charge on any atom is -0.388 e. The van der Waals surface area contributed by atoms with Crippen LogP contribution in [-0.4, -0.2) is 25.0 Å². The molecule has 0 radical (unpaired) electrons. The molecule has 1 aromatic rings. The van der Waals surface area contributed by atoms with Gasteiger partial charge in [-0.05, 0) is 49.1 Å². The number of fused-ring (bicyclic) bond motifs is 1. The molecule has 1 aliphatic carbocycles. The van der Waals surface area contributed by atoms with Crippen molar-refractivity contribution >= 4 is 9.84 Å². The first-order valence-electron chi connectivity index (χ1n) is 7.50. The molecule has 0 saturated carbocycles. The largest absolute Gasteiger partial charge is 0.388 e. The number of aryl methyl sites for hydroxylation is 1. The molecule has 0 amide bonds. The molecular formula is C16H24O3S. The zero-order valence-electron chi connectivity index (χ0n) is 12.1. The molecule has 0 bridgehead atoms. The van der Waals surface area contributed by atoms with Gasteiger partial charge in [0.2, 0.25) is 0 Å². The molecule has 1 N–H and O–H groups in total. The molecule has 1 aromatic carbocycles. The van der Waals surface area contributed by atoms with E-state index in [0.29, 0.717) is 12.8 Å². The highest BCUT2D eigenvalue weighted by atomic mass is 32.2. The Bertz CT molecular complexity index is 536. The van der Waals surface area contributed by atoms with E-state index in [4.69, 9.17) is 0 Å². The third-order valence-electron chi connectivity index (χ3n) is 4.16. The van der Waals surface area contributed by atoms with Crippen LogP contribution in [0.15, 0.2) is 24.3 Å². The van der Waals surface area contributed by atoms with Crippen LogP contribution in [0.3, 0.4) is 0 Å². The van der Waals surface area contributed by atoms with Crippen LogP contribution in [-0.2, 0) is 16.3 Å². The number of rotatable bonds is 5. The maximum absolute atomic E-state index is 11.8. The van der Waals surface area contributed by atoms with Crippen molar-refractivity contribution in [2.45, 2.75) is 45.1 Å². The summed E-state index contributed by atoms with van der Waals surface area (Å²) < 4.78 is 23.7. The van der Waals surface area contributed by atoms with Crippen molar-refractivity contribution in [2.24, 2.45) is 5.92 Å². The molecule has 0 aromatic heterocycles. The van der Waals surface area contributed by atoms with E-state index in [1.807, 2.05) is 25.1 Å². The molecule has 1 aliphatic rings. The Labute approximate surface area is 121 Å². The minimum absolute atomic E-state index is 0.0604. The Balaban J connectivity index is 2.06. The lowest BCUT2D eigenvalue weighted by Crippen LogP contribution is -2.18. The summed E-state index contributed by atoms with van der Waals surface area (Å²) in [6.07, 6.45) is 3.61. The van der Waals surface area contributed by atoms with Gasteiger partial charge in [0, 0.05) is 5.75 Å². The maximum Gasteiger partial charge on any atom is 0.150 e. The SMILES string of the molecule is CCCS(=O)(=O)CCC1CCCc2ccccc2C1O. The fourth-order valence-electron chi connectivity index (χ4n) is 3.06. The van der Waals surface area contributed by atoms with Crippen molar-refractivity contribution in [3.8, 4) is 0 Å². The second-order valence-corrected chi connectivity index (χ2v) is 8.04. The topological polar surface area (TPSA) is 54.4 Å². The molecule has 0 spiro atoms. The molecule has 112 valence electrons. The van der Waals surface area contributed by atoms with Gasteiger partial charge < -0.3 is 5.11 Å². The highest BCUT2D eigenvalue weighted by Gasteiger charge is 2.26. The van der Waals surface area contributed by atoms with Crippen LogP contribution in [0.25, 0.3) is 0 Å². The van der Waals surface area contributed by atoms with E-state index in [9.17, 15) is 13.5 Å². The van der Waals surface area contributed by atoms with E-state index in [0.717, 1.165) is 24.8 Å². The van der Waals surface area contributed by atoms with Crippen molar-refractivity contribution in [2.75, 3.05) is 11.5 Å². The lowest BCUT2D eigenvalue weighted by molar-refractivity contribution is 0.103. The molecule has 0 saturated heterocycles. The first-order chi connectivity index (χ1) is 9.53. The quantitative estimate of drug-likeness (QED) is 0.850. The van der Waals surface area contributed by atoms with Gasteiger partial charge in [0.15, 0.2) is 0 Å². The number of aliphatic hydroxyl groups is 1. The molecule has 20 heavy (non-hydrogen) atoms.